The highest BCUT2D eigenvalue weighted by Crippen LogP contribution is 2.36. The van der Waals surface area contributed by atoms with E-state index < -0.39 is 7.12 Å². The van der Waals surface area contributed by atoms with Gasteiger partial charge in [-0.25, -0.2) is 9.97 Å². The Labute approximate surface area is 241 Å². The van der Waals surface area contributed by atoms with Gasteiger partial charge in [-0.1, -0.05) is 58.4 Å². The summed E-state index contributed by atoms with van der Waals surface area (Å²) in [5, 5.41) is 0. The molecular formula is C32H28BBrN2O4. The van der Waals surface area contributed by atoms with Crippen molar-refractivity contribution in [1.29, 1.82) is 0 Å². The van der Waals surface area contributed by atoms with Gasteiger partial charge in [0, 0.05) is 15.6 Å². The van der Waals surface area contributed by atoms with E-state index in [9.17, 15) is 0 Å². The van der Waals surface area contributed by atoms with Crippen LogP contribution in [-0.2, 0) is 9.31 Å². The summed E-state index contributed by atoms with van der Waals surface area (Å²) in [5.74, 6) is 1.28. The molecular weight excluding hydrogens is 567 g/mol. The van der Waals surface area contributed by atoms with Crippen LogP contribution in [0.5, 0.6) is 0 Å². The Morgan fingerprint density at radius 3 is 1.60 bits per heavy atom. The fourth-order valence-electron chi connectivity index (χ4n) is 4.38. The van der Waals surface area contributed by atoms with Crippen molar-refractivity contribution in [3.63, 3.8) is 0 Å². The summed E-state index contributed by atoms with van der Waals surface area (Å²) in [6.07, 6.45) is 0. The first-order valence-electron chi connectivity index (χ1n) is 13.1. The van der Waals surface area contributed by atoms with Crippen LogP contribution in [0.2, 0.25) is 0 Å². The Balaban J connectivity index is 0.000000157. The van der Waals surface area contributed by atoms with E-state index in [1.807, 2.05) is 97.1 Å². The second-order valence-corrected chi connectivity index (χ2v) is 11.6. The van der Waals surface area contributed by atoms with Crippen molar-refractivity contribution in [3.05, 3.63) is 102 Å². The van der Waals surface area contributed by atoms with Crippen molar-refractivity contribution < 1.29 is 18.1 Å². The van der Waals surface area contributed by atoms with Crippen molar-refractivity contribution in [2.75, 3.05) is 0 Å². The lowest BCUT2D eigenvalue weighted by atomic mass is 9.79. The highest BCUT2D eigenvalue weighted by Gasteiger charge is 2.51. The molecule has 0 atom stereocenters. The molecule has 2 aromatic heterocycles. The maximum atomic E-state index is 6.11. The number of halogens is 1. The van der Waals surface area contributed by atoms with Crippen LogP contribution in [0.25, 0.3) is 45.1 Å². The minimum atomic E-state index is -0.392. The van der Waals surface area contributed by atoms with Gasteiger partial charge in [-0.15, -0.1) is 0 Å². The molecule has 0 unspecified atom stereocenters. The van der Waals surface area contributed by atoms with Gasteiger partial charge < -0.3 is 18.1 Å². The van der Waals surface area contributed by atoms with Crippen LogP contribution >= 0.6 is 15.9 Å². The quantitative estimate of drug-likeness (QED) is 0.193. The third kappa shape index (κ3) is 5.22. The zero-order valence-electron chi connectivity index (χ0n) is 22.7. The Bertz CT molecular complexity index is 1770. The van der Waals surface area contributed by atoms with Gasteiger partial charge in [-0.2, -0.15) is 0 Å². The highest BCUT2D eigenvalue weighted by atomic mass is 79.9. The lowest BCUT2D eigenvalue weighted by molar-refractivity contribution is 0.00578. The van der Waals surface area contributed by atoms with Gasteiger partial charge >= 0.3 is 7.12 Å². The average molecular weight is 595 g/mol. The molecule has 0 amide bonds. The maximum absolute atomic E-state index is 6.11. The summed E-state index contributed by atoms with van der Waals surface area (Å²) in [4.78, 5) is 9.06. The third-order valence-corrected chi connectivity index (χ3v) is 7.82. The predicted molar refractivity (Wildman–Crippen MR) is 162 cm³/mol. The summed E-state index contributed by atoms with van der Waals surface area (Å²) in [6.45, 7) is 8.20. The smallest absolute Gasteiger partial charge is 0.436 e. The van der Waals surface area contributed by atoms with Gasteiger partial charge in [0.15, 0.2) is 11.2 Å². The molecule has 0 aliphatic carbocycles. The highest BCUT2D eigenvalue weighted by molar-refractivity contribution is 9.10. The summed E-state index contributed by atoms with van der Waals surface area (Å²) < 4.78 is 24.8. The Hall–Kier alpha value is -3.72. The van der Waals surface area contributed by atoms with Crippen LogP contribution in [-0.4, -0.2) is 28.3 Å². The van der Waals surface area contributed by atoms with Crippen molar-refractivity contribution in [3.8, 4) is 22.9 Å². The van der Waals surface area contributed by atoms with Crippen LogP contribution in [0.4, 0.5) is 0 Å². The standard InChI is InChI=1S/C19H20BNO3.C13H8BrNO/c1-18(2)19(3,4)24-20(23-18)14-10-11-16-15(12-14)21-17(22-16)13-8-6-5-7-9-13;14-10-6-7-12-11(8-10)15-13(16-12)9-4-2-1-3-5-9/h5-12H,1-4H3;1-8H. The van der Waals surface area contributed by atoms with E-state index in [0.29, 0.717) is 11.8 Å². The fraction of sp³-hybridized carbons (Fsp3) is 0.188. The average Bonchev–Trinajstić information content (AvgIpc) is 3.62. The number of nitrogens with zero attached hydrogens (tertiary/aromatic N) is 2. The number of fused-ring (bicyclic) bond motifs is 2. The third-order valence-electron chi connectivity index (χ3n) is 7.33. The van der Waals surface area contributed by atoms with E-state index >= 15 is 0 Å². The Morgan fingerprint density at radius 2 is 1.07 bits per heavy atom. The number of hydrogen-bond donors (Lipinski definition) is 0. The second kappa shape index (κ2) is 10.4. The zero-order valence-corrected chi connectivity index (χ0v) is 24.3. The predicted octanol–water partition coefficient (Wildman–Crippen LogP) is 8.05. The van der Waals surface area contributed by atoms with Gasteiger partial charge in [-0.05, 0) is 87.8 Å². The first kappa shape index (κ1) is 26.5. The minimum Gasteiger partial charge on any atom is -0.436 e. The van der Waals surface area contributed by atoms with Crippen molar-refractivity contribution in [2.24, 2.45) is 0 Å². The zero-order chi connectivity index (χ0) is 27.9. The molecule has 0 N–H and O–H groups in total. The molecule has 0 spiro atoms. The van der Waals surface area contributed by atoms with E-state index in [0.717, 1.165) is 43.3 Å². The summed E-state index contributed by atoms with van der Waals surface area (Å²) in [7, 11) is -0.392. The molecule has 7 rings (SSSR count). The molecule has 40 heavy (non-hydrogen) atoms. The van der Waals surface area contributed by atoms with Crippen molar-refractivity contribution in [2.45, 2.75) is 38.9 Å². The number of aromatic nitrogens is 2. The first-order chi connectivity index (χ1) is 19.2. The van der Waals surface area contributed by atoms with E-state index in [1.165, 1.54) is 0 Å². The molecule has 0 radical (unpaired) electrons. The molecule has 200 valence electrons. The number of hydrogen-bond acceptors (Lipinski definition) is 6. The molecule has 0 bridgehead atoms. The minimum absolute atomic E-state index is 0.356. The van der Waals surface area contributed by atoms with Gasteiger partial charge in [-0.3, -0.25) is 0 Å². The number of oxazole rings is 2. The maximum Gasteiger partial charge on any atom is 0.494 e. The normalized spacial score (nSPS) is 15.8. The van der Waals surface area contributed by atoms with E-state index in [2.05, 4.69) is 53.6 Å². The molecule has 0 saturated carbocycles. The van der Waals surface area contributed by atoms with Gasteiger partial charge in [0.1, 0.15) is 11.0 Å². The van der Waals surface area contributed by atoms with E-state index in [4.69, 9.17) is 18.1 Å². The molecule has 1 aliphatic heterocycles. The summed E-state index contributed by atoms with van der Waals surface area (Å²) in [5.41, 5.74) is 5.44. The van der Waals surface area contributed by atoms with Crippen molar-refractivity contribution >= 4 is 50.7 Å². The van der Waals surface area contributed by atoms with E-state index in [1.54, 1.807) is 0 Å². The molecule has 4 aromatic carbocycles. The topological polar surface area (TPSA) is 70.5 Å². The van der Waals surface area contributed by atoms with Gasteiger partial charge in [0.05, 0.1) is 11.2 Å². The summed E-state index contributed by atoms with van der Waals surface area (Å²) in [6, 6.07) is 31.5. The lowest BCUT2D eigenvalue weighted by Crippen LogP contribution is -2.41. The number of benzene rings is 4. The molecule has 6 nitrogen and oxygen atoms in total. The SMILES string of the molecule is Brc1ccc2oc(-c3ccccc3)nc2c1.CC1(C)OB(c2ccc3oc(-c4ccccc4)nc3c2)OC1(C)C. The molecule has 8 heteroatoms. The van der Waals surface area contributed by atoms with E-state index in [-0.39, 0.29) is 11.2 Å². The molecule has 6 aromatic rings. The first-order valence-corrected chi connectivity index (χ1v) is 13.9. The Morgan fingerprint density at radius 1 is 0.600 bits per heavy atom. The van der Waals surface area contributed by atoms with Crippen LogP contribution in [0.3, 0.4) is 0 Å². The summed E-state index contributed by atoms with van der Waals surface area (Å²) >= 11 is 3.42. The number of rotatable bonds is 3. The lowest BCUT2D eigenvalue weighted by Gasteiger charge is -2.32. The van der Waals surface area contributed by atoms with Crippen LogP contribution in [0.15, 0.2) is 110 Å². The molecule has 1 fully saturated rings. The van der Waals surface area contributed by atoms with Crippen LogP contribution in [0.1, 0.15) is 27.7 Å². The van der Waals surface area contributed by atoms with Crippen LogP contribution in [0, 0.1) is 0 Å². The molecule has 1 saturated heterocycles. The van der Waals surface area contributed by atoms with Crippen molar-refractivity contribution in [1.82, 2.24) is 9.97 Å². The monoisotopic (exact) mass is 594 g/mol. The molecule has 3 heterocycles. The van der Waals surface area contributed by atoms with Gasteiger partial charge in [0.2, 0.25) is 11.8 Å². The fourth-order valence-corrected chi connectivity index (χ4v) is 4.73. The second-order valence-electron chi connectivity index (χ2n) is 10.7. The largest absolute Gasteiger partial charge is 0.494 e. The molecule has 1 aliphatic rings. The van der Waals surface area contributed by atoms with Crippen LogP contribution < -0.4 is 5.46 Å². The van der Waals surface area contributed by atoms with Gasteiger partial charge in [0.25, 0.3) is 0 Å². The Kier molecular flexibility index (Phi) is 6.86.